The molecule has 1 amide bonds. The minimum absolute atomic E-state index is 0.0213. The van der Waals surface area contributed by atoms with Gasteiger partial charge in [0.1, 0.15) is 0 Å². The van der Waals surface area contributed by atoms with E-state index >= 15 is 0 Å². The van der Waals surface area contributed by atoms with Gasteiger partial charge in [0.25, 0.3) is 5.91 Å². The summed E-state index contributed by atoms with van der Waals surface area (Å²) in [6.45, 7) is 3.00. The molecule has 0 saturated carbocycles. The van der Waals surface area contributed by atoms with Crippen molar-refractivity contribution in [1.82, 2.24) is 4.90 Å². The van der Waals surface area contributed by atoms with Crippen LogP contribution in [0.2, 0.25) is 0 Å². The Bertz CT molecular complexity index is 873. The van der Waals surface area contributed by atoms with Crippen LogP contribution in [-0.4, -0.2) is 69.2 Å². The summed E-state index contributed by atoms with van der Waals surface area (Å²) in [4.78, 5) is 14.6. The molecule has 2 saturated heterocycles. The second kappa shape index (κ2) is 9.46. The molecule has 1 aromatic rings. The Balaban J connectivity index is 1.70. The van der Waals surface area contributed by atoms with Crippen LogP contribution in [0.3, 0.4) is 0 Å². The van der Waals surface area contributed by atoms with Crippen molar-refractivity contribution < 1.29 is 27.4 Å². The van der Waals surface area contributed by atoms with Crippen molar-refractivity contribution in [3.8, 4) is 17.6 Å². The van der Waals surface area contributed by atoms with E-state index in [1.165, 1.54) is 0 Å². The fourth-order valence-corrected chi connectivity index (χ4v) is 5.40. The van der Waals surface area contributed by atoms with Gasteiger partial charge in [-0.15, -0.1) is 0 Å². The third-order valence-electron chi connectivity index (χ3n) is 5.12. The van der Waals surface area contributed by atoms with Crippen LogP contribution in [0.1, 0.15) is 31.7 Å². The molecule has 2 unspecified atom stereocenters. The summed E-state index contributed by atoms with van der Waals surface area (Å²) in [5.41, 5.74) is 0.434. The largest absolute Gasteiger partial charge is 0.490 e. The molecule has 2 heterocycles. The van der Waals surface area contributed by atoms with Crippen molar-refractivity contribution in [3.63, 3.8) is 0 Å². The molecular weight excluding hydrogens is 396 g/mol. The Morgan fingerprint density at radius 1 is 1.31 bits per heavy atom. The lowest BCUT2D eigenvalue weighted by molar-refractivity contribution is -0.137. The number of carbonyl (C=O) groups is 1. The SMILES string of the molecule is CCOc1cc(C#N)ccc1OCC(=O)N(CC1CCCO1)C1CCS(=O)(=O)C1. The van der Waals surface area contributed by atoms with E-state index in [4.69, 9.17) is 19.5 Å². The number of sulfone groups is 1. The normalized spacial score (nSPS) is 22.8. The minimum Gasteiger partial charge on any atom is -0.490 e. The molecule has 2 aliphatic heterocycles. The summed E-state index contributed by atoms with van der Waals surface area (Å²) in [6.07, 6.45) is 2.15. The first-order valence-corrected chi connectivity index (χ1v) is 11.6. The average molecular weight is 423 g/mol. The molecule has 29 heavy (non-hydrogen) atoms. The molecule has 2 aliphatic rings. The van der Waals surface area contributed by atoms with E-state index in [0.717, 1.165) is 12.8 Å². The number of hydrogen-bond acceptors (Lipinski definition) is 7. The Morgan fingerprint density at radius 3 is 2.76 bits per heavy atom. The van der Waals surface area contributed by atoms with Crippen LogP contribution in [0.5, 0.6) is 11.5 Å². The van der Waals surface area contributed by atoms with E-state index in [9.17, 15) is 13.2 Å². The molecule has 2 fully saturated rings. The lowest BCUT2D eigenvalue weighted by Gasteiger charge is -2.30. The van der Waals surface area contributed by atoms with E-state index in [-0.39, 0.29) is 36.2 Å². The highest BCUT2D eigenvalue weighted by Gasteiger charge is 2.36. The summed E-state index contributed by atoms with van der Waals surface area (Å²) in [5, 5.41) is 9.04. The van der Waals surface area contributed by atoms with Crippen molar-refractivity contribution in [2.45, 2.75) is 38.3 Å². The molecule has 0 aliphatic carbocycles. The predicted molar refractivity (Wildman–Crippen MR) is 106 cm³/mol. The second-order valence-electron chi connectivity index (χ2n) is 7.23. The first kappa shape index (κ1) is 21.4. The van der Waals surface area contributed by atoms with E-state index in [0.29, 0.717) is 43.2 Å². The lowest BCUT2D eigenvalue weighted by atomic mass is 10.1. The van der Waals surface area contributed by atoms with E-state index in [1.54, 1.807) is 23.1 Å². The topological polar surface area (TPSA) is 106 Å². The van der Waals surface area contributed by atoms with Crippen molar-refractivity contribution in [3.05, 3.63) is 23.8 Å². The summed E-state index contributed by atoms with van der Waals surface area (Å²) in [6, 6.07) is 6.44. The quantitative estimate of drug-likeness (QED) is 0.625. The van der Waals surface area contributed by atoms with Crippen LogP contribution in [0.4, 0.5) is 0 Å². The van der Waals surface area contributed by atoms with Gasteiger partial charge in [-0.3, -0.25) is 4.79 Å². The number of hydrogen-bond donors (Lipinski definition) is 0. The van der Waals surface area contributed by atoms with Crippen molar-refractivity contribution in [2.75, 3.05) is 37.9 Å². The van der Waals surface area contributed by atoms with Gasteiger partial charge in [0.2, 0.25) is 0 Å². The second-order valence-corrected chi connectivity index (χ2v) is 9.46. The Morgan fingerprint density at radius 2 is 2.14 bits per heavy atom. The van der Waals surface area contributed by atoms with Crippen molar-refractivity contribution in [1.29, 1.82) is 5.26 Å². The first-order valence-electron chi connectivity index (χ1n) is 9.83. The molecule has 9 heteroatoms. The Kier molecular flexibility index (Phi) is 6.98. The van der Waals surface area contributed by atoms with Gasteiger partial charge in [-0.2, -0.15) is 5.26 Å². The van der Waals surface area contributed by atoms with Gasteiger partial charge < -0.3 is 19.1 Å². The number of carbonyl (C=O) groups excluding carboxylic acids is 1. The molecule has 0 aromatic heterocycles. The van der Waals surface area contributed by atoms with Gasteiger partial charge in [-0.25, -0.2) is 8.42 Å². The molecule has 2 atom stereocenters. The molecule has 0 spiro atoms. The molecule has 0 bridgehead atoms. The van der Waals surface area contributed by atoms with Gasteiger partial charge in [-0.05, 0) is 38.3 Å². The van der Waals surface area contributed by atoms with E-state index < -0.39 is 9.84 Å². The summed E-state index contributed by atoms with van der Waals surface area (Å²) >= 11 is 0. The smallest absolute Gasteiger partial charge is 0.260 e. The first-order chi connectivity index (χ1) is 13.9. The highest BCUT2D eigenvalue weighted by molar-refractivity contribution is 7.91. The standard InChI is InChI=1S/C20H26N2O6S/c1-2-26-19-10-15(11-21)5-6-18(19)28-13-20(23)22(12-17-4-3-8-27-17)16-7-9-29(24,25)14-16/h5-6,10,16-17H,2-4,7-9,12-14H2,1H3. The Hall–Kier alpha value is -2.31. The van der Waals surface area contributed by atoms with E-state index in [2.05, 4.69) is 0 Å². The molecule has 1 aromatic carbocycles. The lowest BCUT2D eigenvalue weighted by Crippen LogP contribution is -2.47. The summed E-state index contributed by atoms with van der Waals surface area (Å²) in [5.74, 6) is 0.558. The zero-order chi connectivity index (χ0) is 20.9. The van der Waals surface area contributed by atoms with E-state index in [1.807, 2.05) is 13.0 Å². The van der Waals surface area contributed by atoms with Crippen LogP contribution >= 0.6 is 0 Å². The third-order valence-corrected chi connectivity index (χ3v) is 6.87. The minimum atomic E-state index is -3.12. The third kappa shape index (κ3) is 5.61. The zero-order valence-corrected chi connectivity index (χ0v) is 17.3. The van der Waals surface area contributed by atoms with Gasteiger partial charge >= 0.3 is 0 Å². The molecule has 8 nitrogen and oxygen atoms in total. The summed E-state index contributed by atoms with van der Waals surface area (Å²) < 4.78 is 40.7. The highest BCUT2D eigenvalue weighted by atomic mass is 32.2. The van der Waals surface area contributed by atoms with Gasteiger partial charge in [0.15, 0.2) is 27.9 Å². The molecule has 0 radical (unpaired) electrons. The zero-order valence-electron chi connectivity index (χ0n) is 16.5. The molecule has 158 valence electrons. The van der Waals surface area contributed by atoms with Crippen LogP contribution in [0, 0.1) is 11.3 Å². The van der Waals surface area contributed by atoms with Gasteiger partial charge in [0, 0.05) is 25.3 Å². The number of ether oxygens (including phenoxy) is 3. The highest BCUT2D eigenvalue weighted by Crippen LogP contribution is 2.29. The van der Waals surface area contributed by atoms with Crippen molar-refractivity contribution >= 4 is 15.7 Å². The maximum absolute atomic E-state index is 13.0. The van der Waals surface area contributed by atoms with Gasteiger partial charge in [0.05, 0.1) is 35.8 Å². The molecular formula is C20H26N2O6S. The fraction of sp³-hybridized carbons (Fsp3) is 0.600. The maximum Gasteiger partial charge on any atom is 0.260 e. The number of nitriles is 1. The average Bonchev–Trinajstić information content (AvgIpc) is 3.34. The van der Waals surface area contributed by atoms with Crippen LogP contribution in [-0.2, 0) is 19.4 Å². The van der Waals surface area contributed by atoms with Crippen LogP contribution < -0.4 is 9.47 Å². The van der Waals surface area contributed by atoms with Crippen molar-refractivity contribution in [2.24, 2.45) is 0 Å². The number of nitrogens with zero attached hydrogens (tertiary/aromatic N) is 2. The number of amides is 1. The predicted octanol–water partition coefficient (Wildman–Crippen LogP) is 1.53. The molecule has 0 N–H and O–H groups in total. The molecule has 3 rings (SSSR count). The van der Waals surface area contributed by atoms with Crippen LogP contribution in [0.15, 0.2) is 18.2 Å². The summed E-state index contributed by atoms with van der Waals surface area (Å²) in [7, 11) is -3.12. The maximum atomic E-state index is 13.0. The fourth-order valence-electron chi connectivity index (χ4n) is 3.67. The monoisotopic (exact) mass is 422 g/mol. The Labute approximate surface area is 171 Å². The number of benzene rings is 1. The van der Waals surface area contributed by atoms with Gasteiger partial charge in [-0.1, -0.05) is 0 Å². The number of rotatable bonds is 8. The van der Waals surface area contributed by atoms with Crippen LogP contribution in [0.25, 0.3) is 0 Å².